The summed E-state index contributed by atoms with van der Waals surface area (Å²) in [5.41, 5.74) is 0. The normalized spacial score (nSPS) is 20.3. The van der Waals surface area contributed by atoms with Crippen molar-refractivity contribution in [2.75, 3.05) is 18.9 Å². The third-order valence-electron chi connectivity index (χ3n) is 3.86. The summed E-state index contributed by atoms with van der Waals surface area (Å²) in [4.78, 5) is 0. The fraction of sp³-hybridized carbons (Fsp3) is 0.857. The first-order valence-corrected chi connectivity index (χ1v) is 8.73. The Labute approximate surface area is 124 Å². The monoisotopic (exact) mass is 296 g/mol. The minimum absolute atomic E-state index is 0.147. The molecule has 0 aliphatic heterocycles. The van der Waals surface area contributed by atoms with Crippen molar-refractivity contribution < 1.29 is 5.11 Å². The van der Waals surface area contributed by atoms with Gasteiger partial charge in [-0.1, -0.05) is 18.7 Å². The van der Waals surface area contributed by atoms with Crippen molar-refractivity contribution in [1.29, 1.82) is 0 Å². The maximum absolute atomic E-state index is 9.41. The molecule has 1 unspecified atom stereocenters. The Hall–Kier alpha value is -0.590. The number of thioether (sulfide) groups is 1. The third-order valence-corrected chi connectivity index (χ3v) is 4.97. The molecule has 0 aromatic carbocycles. The van der Waals surface area contributed by atoms with Gasteiger partial charge in [-0.05, 0) is 38.6 Å². The SMILES string of the molecule is CCCNC(CO)CSc1nnc(C2CC2)n1C1CC1. The van der Waals surface area contributed by atoms with Crippen molar-refractivity contribution in [2.24, 2.45) is 0 Å². The Balaban J connectivity index is 1.61. The fourth-order valence-electron chi connectivity index (χ4n) is 2.38. The molecular formula is C14H24N4OS. The highest BCUT2D eigenvalue weighted by Crippen LogP contribution is 2.45. The van der Waals surface area contributed by atoms with Gasteiger partial charge in [-0.2, -0.15) is 0 Å². The van der Waals surface area contributed by atoms with Gasteiger partial charge in [0, 0.05) is 23.8 Å². The van der Waals surface area contributed by atoms with E-state index in [1.54, 1.807) is 11.8 Å². The quantitative estimate of drug-likeness (QED) is 0.682. The Kier molecular flexibility index (Phi) is 4.63. The van der Waals surface area contributed by atoms with E-state index in [0.717, 1.165) is 23.9 Å². The van der Waals surface area contributed by atoms with Crippen LogP contribution >= 0.6 is 11.8 Å². The van der Waals surface area contributed by atoms with E-state index in [9.17, 15) is 5.11 Å². The van der Waals surface area contributed by atoms with Crippen LogP contribution in [0.1, 0.15) is 56.8 Å². The van der Waals surface area contributed by atoms with Gasteiger partial charge in [0.1, 0.15) is 5.82 Å². The van der Waals surface area contributed by atoms with Gasteiger partial charge in [0.15, 0.2) is 5.16 Å². The van der Waals surface area contributed by atoms with Gasteiger partial charge >= 0.3 is 0 Å². The first kappa shape index (κ1) is 14.4. The molecule has 0 radical (unpaired) electrons. The summed E-state index contributed by atoms with van der Waals surface area (Å²) in [5.74, 6) is 2.72. The summed E-state index contributed by atoms with van der Waals surface area (Å²) in [6.07, 6.45) is 6.16. The average Bonchev–Trinajstić information content (AvgIpc) is 3.38. The predicted molar refractivity (Wildman–Crippen MR) is 80.2 cm³/mol. The standard InChI is InChI=1S/C14H24N4OS/c1-2-7-15-11(8-19)9-20-14-17-16-13(10-3-4-10)18(14)12-5-6-12/h10-12,15,19H,2-9H2,1H3. The molecular weight excluding hydrogens is 272 g/mol. The highest BCUT2D eigenvalue weighted by molar-refractivity contribution is 7.99. The van der Waals surface area contributed by atoms with Crippen LogP contribution < -0.4 is 5.32 Å². The predicted octanol–water partition coefficient (Wildman–Crippen LogP) is 1.94. The number of hydrogen-bond acceptors (Lipinski definition) is 5. The summed E-state index contributed by atoms with van der Waals surface area (Å²) in [7, 11) is 0. The molecule has 5 nitrogen and oxygen atoms in total. The van der Waals surface area contributed by atoms with E-state index in [1.807, 2.05) is 0 Å². The summed E-state index contributed by atoms with van der Waals surface area (Å²) in [6.45, 7) is 3.27. The number of hydrogen-bond donors (Lipinski definition) is 2. The molecule has 1 atom stereocenters. The van der Waals surface area contributed by atoms with E-state index in [4.69, 9.17) is 0 Å². The van der Waals surface area contributed by atoms with Crippen LogP contribution in [0.3, 0.4) is 0 Å². The van der Waals surface area contributed by atoms with E-state index < -0.39 is 0 Å². The zero-order valence-electron chi connectivity index (χ0n) is 12.1. The maximum atomic E-state index is 9.41. The molecule has 2 aliphatic rings. The van der Waals surface area contributed by atoms with Crippen LogP contribution in [-0.4, -0.2) is 44.8 Å². The van der Waals surface area contributed by atoms with Crippen LogP contribution in [0.2, 0.25) is 0 Å². The zero-order chi connectivity index (χ0) is 13.9. The first-order valence-electron chi connectivity index (χ1n) is 7.75. The maximum Gasteiger partial charge on any atom is 0.191 e. The number of nitrogens with zero attached hydrogens (tertiary/aromatic N) is 3. The Morgan fingerprint density at radius 3 is 2.75 bits per heavy atom. The molecule has 2 N–H and O–H groups in total. The van der Waals surface area contributed by atoms with Crippen LogP contribution in [-0.2, 0) is 0 Å². The Morgan fingerprint density at radius 2 is 2.15 bits per heavy atom. The molecule has 1 aromatic rings. The van der Waals surface area contributed by atoms with Crippen molar-refractivity contribution in [1.82, 2.24) is 20.1 Å². The average molecular weight is 296 g/mol. The van der Waals surface area contributed by atoms with Crippen LogP contribution in [0.15, 0.2) is 5.16 Å². The molecule has 1 aromatic heterocycles. The largest absolute Gasteiger partial charge is 0.395 e. The van der Waals surface area contributed by atoms with Crippen molar-refractivity contribution >= 4 is 11.8 Å². The van der Waals surface area contributed by atoms with Gasteiger partial charge in [-0.15, -0.1) is 10.2 Å². The lowest BCUT2D eigenvalue weighted by Crippen LogP contribution is -2.35. The summed E-state index contributed by atoms with van der Waals surface area (Å²) < 4.78 is 2.37. The summed E-state index contributed by atoms with van der Waals surface area (Å²) in [5, 5.41) is 22.6. The van der Waals surface area contributed by atoms with E-state index >= 15 is 0 Å². The summed E-state index contributed by atoms with van der Waals surface area (Å²) in [6, 6.07) is 0.785. The Morgan fingerprint density at radius 1 is 1.35 bits per heavy atom. The summed E-state index contributed by atoms with van der Waals surface area (Å²) >= 11 is 1.73. The van der Waals surface area contributed by atoms with E-state index in [2.05, 4.69) is 27.0 Å². The van der Waals surface area contributed by atoms with Crippen molar-refractivity contribution in [3.8, 4) is 0 Å². The molecule has 20 heavy (non-hydrogen) atoms. The van der Waals surface area contributed by atoms with E-state index in [-0.39, 0.29) is 12.6 Å². The van der Waals surface area contributed by atoms with Crippen LogP contribution in [0.4, 0.5) is 0 Å². The second-order valence-corrected chi connectivity index (χ2v) is 6.85. The minimum Gasteiger partial charge on any atom is -0.395 e. The highest BCUT2D eigenvalue weighted by atomic mass is 32.2. The molecule has 0 amide bonds. The number of nitrogens with one attached hydrogen (secondary N) is 1. The van der Waals surface area contributed by atoms with Crippen LogP contribution in [0, 0.1) is 0 Å². The van der Waals surface area contributed by atoms with E-state index in [0.29, 0.717) is 12.0 Å². The van der Waals surface area contributed by atoms with Crippen LogP contribution in [0.5, 0.6) is 0 Å². The van der Waals surface area contributed by atoms with Gasteiger partial charge in [0.05, 0.1) is 6.61 Å². The molecule has 6 heteroatoms. The van der Waals surface area contributed by atoms with Gasteiger partial charge in [0.2, 0.25) is 0 Å². The lowest BCUT2D eigenvalue weighted by molar-refractivity contribution is 0.254. The third kappa shape index (κ3) is 3.35. The van der Waals surface area contributed by atoms with Crippen molar-refractivity contribution in [3.05, 3.63) is 5.82 Å². The van der Waals surface area contributed by atoms with Crippen molar-refractivity contribution in [2.45, 2.75) is 62.2 Å². The molecule has 2 saturated carbocycles. The number of aliphatic hydroxyl groups is 1. The number of aliphatic hydroxyl groups excluding tert-OH is 1. The van der Waals surface area contributed by atoms with Gasteiger partial charge in [-0.3, -0.25) is 0 Å². The number of aromatic nitrogens is 3. The van der Waals surface area contributed by atoms with E-state index in [1.165, 1.54) is 31.5 Å². The van der Waals surface area contributed by atoms with Gasteiger partial charge in [-0.25, -0.2) is 0 Å². The molecule has 0 spiro atoms. The molecule has 1 heterocycles. The lowest BCUT2D eigenvalue weighted by atomic mass is 10.3. The molecule has 2 aliphatic carbocycles. The Bertz CT molecular complexity index is 442. The molecule has 2 fully saturated rings. The van der Waals surface area contributed by atoms with Gasteiger partial charge in [0.25, 0.3) is 0 Å². The van der Waals surface area contributed by atoms with Crippen molar-refractivity contribution in [3.63, 3.8) is 0 Å². The number of rotatable bonds is 9. The zero-order valence-corrected chi connectivity index (χ0v) is 12.9. The fourth-order valence-corrected chi connectivity index (χ4v) is 3.44. The lowest BCUT2D eigenvalue weighted by Gasteiger charge is -2.15. The minimum atomic E-state index is 0.147. The molecule has 0 bridgehead atoms. The topological polar surface area (TPSA) is 63.0 Å². The smallest absolute Gasteiger partial charge is 0.191 e. The second-order valence-electron chi connectivity index (χ2n) is 5.86. The highest BCUT2D eigenvalue weighted by Gasteiger charge is 2.36. The molecule has 112 valence electrons. The molecule has 0 saturated heterocycles. The first-order chi connectivity index (χ1) is 9.83. The van der Waals surface area contributed by atoms with Crippen LogP contribution in [0.25, 0.3) is 0 Å². The van der Waals surface area contributed by atoms with Gasteiger partial charge < -0.3 is 15.0 Å². The molecule has 3 rings (SSSR count). The second kappa shape index (κ2) is 6.45.